The molecule has 27 heavy (non-hydrogen) atoms. The Hall–Kier alpha value is -2.53. The van der Waals surface area contributed by atoms with Crippen LogP contribution in [0.1, 0.15) is 24.5 Å². The number of rotatable bonds is 7. The SMILES string of the molecule is CN(C)c1ccc(C2CN(C(=O)CCCOc3ccccc3)CCO2)cc1. The summed E-state index contributed by atoms with van der Waals surface area (Å²) in [5.74, 6) is 1.02. The smallest absolute Gasteiger partial charge is 0.222 e. The highest BCUT2D eigenvalue weighted by molar-refractivity contribution is 5.76. The van der Waals surface area contributed by atoms with E-state index >= 15 is 0 Å². The van der Waals surface area contributed by atoms with E-state index in [0.29, 0.717) is 39.1 Å². The second kappa shape index (κ2) is 9.42. The number of amides is 1. The number of carbonyl (C=O) groups excluding carboxylic acids is 1. The quantitative estimate of drug-likeness (QED) is 0.702. The average molecular weight is 368 g/mol. The molecule has 144 valence electrons. The maximum Gasteiger partial charge on any atom is 0.222 e. The van der Waals surface area contributed by atoms with E-state index in [-0.39, 0.29) is 12.0 Å². The zero-order valence-electron chi connectivity index (χ0n) is 16.1. The molecule has 0 aliphatic carbocycles. The highest BCUT2D eigenvalue weighted by Gasteiger charge is 2.25. The molecule has 1 atom stereocenters. The molecular weight excluding hydrogens is 340 g/mol. The zero-order valence-corrected chi connectivity index (χ0v) is 16.1. The molecule has 5 heteroatoms. The molecule has 1 heterocycles. The molecule has 1 aliphatic rings. The van der Waals surface area contributed by atoms with Crippen molar-refractivity contribution in [2.75, 3.05) is 45.3 Å². The lowest BCUT2D eigenvalue weighted by Crippen LogP contribution is -2.42. The van der Waals surface area contributed by atoms with Crippen molar-refractivity contribution in [3.05, 3.63) is 60.2 Å². The van der Waals surface area contributed by atoms with Gasteiger partial charge in [-0.15, -0.1) is 0 Å². The summed E-state index contributed by atoms with van der Waals surface area (Å²) in [5.41, 5.74) is 2.27. The normalized spacial score (nSPS) is 16.8. The van der Waals surface area contributed by atoms with Crippen molar-refractivity contribution in [1.29, 1.82) is 0 Å². The maximum absolute atomic E-state index is 12.5. The van der Waals surface area contributed by atoms with E-state index in [0.717, 1.165) is 17.0 Å². The lowest BCUT2D eigenvalue weighted by atomic mass is 10.1. The summed E-state index contributed by atoms with van der Waals surface area (Å²) in [5, 5.41) is 0. The second-order valence-corrected chi connectivity index (χ2v) is 6.95. The third-order valence-electron chi connectivity index (χ3n) is 4.75. The number of ether oxygens (including phenoxy) is 2. The molecule has 0 bridgehead atoms. The predicted molar refractivity (Wildman–Crippen MR) is 107 cm³/mol. The second-order valence-electron chi connectivity index (χ2n) is 6.95. The first-order chi connectivity index (χ1) is 13.1. The van der Waals surface area contributed by atoms with Crippen molar-refractivity contribution < 1.29 is 14.3 Å². The van der Waals surface area contributed by atoms with Gasteiger partial charge >= 0.3 is 0 Å². The van der Waals surface area contributed by atoms with Crippen LogP contribution in [0.3, 0.4) is 0 Å². The number of para-hydroxylation sites is 1. The molecular formula is C22H28N2O3. The van der Waals surface area contributed by atoms with Gasteiger partial charge in [0.15, 0.2) is 0 Å². The molecule has 0 spiro atoms. The largest absolute Gasteiger partial charge is 0.494 e. The van der Waals surface area contributed by atoms with Crippen LogP contribution >= 0.6 is 0 Å². The Kier molecular flexibility index (Phi) is 6.71. The standard InChI is InChI=1S/C22H28N2O3/c1-23(2)19-12-10-18(11-13-19)21-17-24(14-16-27-21)22(25)9-6-15-26-20-7-4-3-5-8-20/h3-5,7-8,10-13,21H,6,9,14-17H2,1-2H3. The molecule has 1 fully saturated rings. The molecule has 0 N–H and O–H groups in total. The molecule has 5 nitrogen and oxygen atoms in total. The lowest BCUT2D eigenvalue weighted by molar-refractivity contribution is -0.139. The Labute approximate surface area is 161 Å². The number of hydrogen-bond donors (Lipinski definition) is 0. The Morgan fingerprint density at radius 3 is 2.59 bits per heavy atom. The Bertz CT molecular complexity index is 716. The third kappa shape index (κ3) is 5.47. The molecule has 2 aromatic carbocycles. The molecule has 1 aliphatic heterocycles. The van der Waals surface area contributed by atoms with Gasteiger partial charge in [0, 0.05) is 32.7 Å². The summed E-state index contributed by atoms with van der Waals surface area (Å²) in [6.07, 6.45) is 1.16. The minimum Gasteiger partial charge on any atom is -0.494 e. The van der Waals surface area contributed by atoms with Crippen molar-refractivity contribution in [1.82, 2.24) is 4.90 Å². The number of benzene rings is 2. The van der Waals surface area contributed by atoms with Crippen LogP contribution in [0.2, 0.25) is 0 Å². The molecule has 2 aromatic rings. The van der Waals surface area contributed by atoms with Crippen LogP contribution in [0.15, 0.2) is 54.6 Å². The van der Waals surface area contributed by atoms with Crippen LogP contribution in [0.4, 0.5) is 5.69 Å². The first kappa shape index (κ1) is 19.2. The van der Waals surface area contributed by atoms with E-state index in [1.807, 2.05) is 49.3 Å². The number of nitrogens with zero attached hydrogens (tertiary/aromatic N) is 2. The van der Waals surface area contributed by atoms with Gasteiger partial charge in [-0.25, -0.2) is 0 Å². The minimum atomic E-state index is -0.0560. The lowest BCUT2D eigenvalue weighted by Gasteiger charge is -2.33. The van der Waals surface area contributed by atoms with Crippen LogP contribution in [0.5, 0.6) is 5.75 Å². The van der Waals surface area contributed by atoms with Crippen LogP contribution in [0.25, 0.3) is 0 Å². The number of morpholine rings is 1. The summed E-state index contributed by atoms with van der Waals surface area (Å²) in [6.45, 7) is 2.40. The van der Waals surface area contributed by atoms with Crippen molar-refractivity contribution in [3.8, 4) is 5.75 Å². The van der Waals surface area contributed by atoms with Crippen molar-refractivity contribution in [3.63, 3.8) is 0 Å². The third-order valence-corrected chi connectivity index (χ3v) is 4.75. The van der Waals surface area contributed by atoms with E-state index < -0.39 is 0 Å². The van der Waals surface area contributed by atoms with E-state index in [4.69, 9.17) is 9.47 Å². The summed E-state index contributed by atoms with van der Waals surface area (Å²) >= 11 is 0. The summed E-state index contributed by atoms with van der Waals surface area (Å²) in [4.78, 5) is 16.5. The van der Waals surface area contributed by atoms with E-state index in [1.165, 1.54) is 0 Å². The Morgan fingerprint density at radius 1 is 1.15 bits per heavy atom. The van der Waals surface area contributed by atoms with Gasteiger partial charge < -0.3 is 19.3 Å². The van der Waals surface area contributed by atoms with Gasteiger partial charge in [0.25, 0.3) is 0 Å². The van der Waals surface area contributed by atoms with Gasteiger partial charge in [0.1, 0.15) is 11.9 Å². The van der Waals surface area contributed by atoms with Crippen LogP contribution in [0, 0.1) is 0 Å². The molecule has 0 saturated carbocycles. The minimum absolute atomic E-state index is 0.0560. The van der Waals surface area contributed by atoms with Crippen LogP contribution < -0.4 is 9.64 Å². The highest BCUT2D eigenvalue weighted by atomic mass is 16.5. The Balaban J connectivity index is 1.46. The maximum atomic E-state index is 12.5. The van der Waals surface area contributed by atoms with Crippen molar-refractivity contribution in [2.24, 2.45) is 0 Å². The number of anilines is 1. The van der Waals surface area contributed by atoms with E-state index in [2.05, 4.69) is 29.2 Å². The highest BCUT2D eigenvalue weighted by Crippen LogP contribution is 2.24. The fraction of sp³-hybridized carbons (Fsp3) is 0.409. The van der Waals surface area contributed by atoms with Gasteiger partial charge in [-0.05, 0) is 36.2 Å². The van der Waals surface area contributed by atoms with Gasteiger partial charge in [-0.2, -0.15) is 0 Å². The van der Waals surface area contributed by atoms with E-state index in [9.17, 15) is 4.79 Å². The number of hydrogen-bond acceptors (Lipinski definition) is 4. The summed E-state index contributed by atoms with van der Waals surface area (Å²) < 4.78 is 11.6. The number of carbonyl (C=O) groups is 1. The van der Waals surface area contributed by atoms with Crippen molar-refractivity contribution in [2.45, 2.75) is 18.9 Å². The van der Waals surface area contributed by atoms with Crippen LogP contribution in [-0.2, 0) is 9.53 Å². The van der Waals surface area contributed by atoms with Gasteiger partial charge in [-0.1, -0.05) is 30.3 Å². The molecule has 0 aromatic heterocycles. The summed E-state index contributed by atoms with van der Waals surface area (Å²) in [7, 11) is 4.04. The molecule has 1 unspecified atom stereocenters. The first-order valence-corrected chi connectivity index (χ1v) is 9.48. The van der Waals surface area contributed by atoms with Gasteiger partial charge in [-0.3, -0.25) is 4.79 Å². The average Bonchev–Trinajstić information content (AvgIpc) is 2.72. The zero-order chi connectivity index (χ0) is 19.1. The first-order valence-electron chi connectivity index (χ1n) is 9.48. The molecule has 0 radical (unpaired) electrons. The van der Waals surface area contributed by atoms with E-state index in [1.54, 1.807) is 0 Å². The monoisotopic (exact) mass is 368 g/mol. The fourth-order valence-electron chi connectivity index (χ4n) is 3.15. The van der Waals surface area contributed by atoms with Crippen LogP contribution in [-0.4, -0.2) is 51.2 Å². The van der Waals surface area contributed by atoms with Crippen molar-refractivity contribution >= 4 is 11.6 Å². The fourth-order valence-corrected chi connectivity index (χ4v) is 3.15. The predicted octanol–water partition coefficient (Wildman–Crippen LogP) is 3.51. The molecule has 3 rings (SSSR count). The topological polar surface area (TPSA) is 42.0 Å². The summed E-state index contributed by atoms with van der Waals surface area (Å²) in [6, 6.07) is 18.0. The van der Waals surface area contributed by atoms with Gasteiger partial charge in [0.05, 0.1) is 19.8 Å². The van der Waals surface area contributed by atoms with Gasteiger partial charge in [0.2, 0.25) is 5.91 Å². The molecule has 1 saturated heterocycles. The molecule has 1 amide bonds. The Morgan fingerprint density at radius 2 is 1.89 bits per heavy atom.